The second-order valence-electron chi connectivity index (χ2n) is 6.29. The molecule has 0 spiro atoms. The van der Waals surface area contributed by atoms with E-state index in [9.17, 15) is 4.79 Å². The fourth-order valence-corrected chi connectivity index (χ4v) is 2.46. The van der Waals surface area contributed by atoms with Gasteiger partial charge in [-0.05, 0) is 30.6 Å². The Morgan fingerprint density at radius 2 is 2.12 bits per heavy atom. The van der Waals surface area contributed by atoms with E-state index >= 15 is 0 Å². The maximum Gasteiger partial charge on any atom is 0.240 e. The van der Waals surface area contributed by atoms with Crippen LogP contribution in [-0.4, -0.2) is 18.0 Å². The zero-order valence-electron chi connectivity index (χ0n) is 11.8. The van der Waals surface area contributed by atoms with Gasteiger partial charge in [0.25, 0.3) is 0 Å². The van der Waals surface area contributed by atoms with Crippen molar-refractivity contribution >= 4 is 5.91 Å². The molecule has 3 N–H and O–H groups in total. The Labute approximate surface area is 106 Å². The summed E-state index contributed by atoms with van der Waals surface area (Å²) in [5, 5.41) is 3.03. The van der Waals surface area contributed by atoms with Crippen LogP contribution >= 0.6 is 0 Å². The number of carbonyl (C=O) groups is 1. The standard InChI is InChI=1S/C14H28N2O/c1-10(2)12(4)9-16-13(17)14(15)7-5-6-11(3)8-14/h10-12H,5-9,15H2,1-4H3,(H,16,17). The first-order chi connectivity index (χ1) is 7.85. The van der Waals surface area contributed by atoms with Gasteiger partial charge in [-0.15, -0.1) is 0 Å². The van der Waals surface area contributed by atoms with E-state index in [2.05, 4.69) is 33.0 Å². The van der Waals surface area contributed by atoms with Crippen LogP contribution in [0.1, 0.15) is 53.4 Å². The molecule has 3 nitrogen and oxygen atoms in total. The second-order valence-corrected chi connectivity index (χ2v) is 6.29. The summed E-state index contributed by atoms with van der Waals surface area (Å²) in [4.78, 5) is 12.2. The van der Waals surface area contributed by atoms with Crippen LogP contribution in [0.15, 0.2) is 0 Å². The lowest BCUT2D eigenvalue weighted by molar-refractivity contribution is -0.128. The topological polar surface area (TPSA) is 55.1 Å². The van der Waals surface area contributed by atoms with Gasteiger partial charge in [-0.2, -0.15) is 0 Å². The van der Waals surface area contributed by atoms with Crippen molar-refractivity contribution in [1.29, 1.82) is 0 Å². The van der Waals surface area contributed by atoms with E-state index in [1.165, 1.54) is 6.42 Å². The maximum atomic E-state index is 12.2. The van der Waals surface area contributed by atoms with Crippen LogP contribution in [0.4, 0.5) is 0 Å². The van der Waals surface area contributed by atoms with Crippen molar-refractivity contribution in [3.8, 4) is 0 Å². The third-order valence-electron chi connectivity index (χ3n) is 4.21. The Balaban J connectivity index is 2.46. The number of nitrogens with two attached hydrogens (primary N) is 1. The average Bonchev–Trinajstić information content (AvgIpc) is 2.24. The van der Waals surface area contributed by atoms with Crippen LogP contribution in [0.5, 0.6) is 0 Å². The van der Waals surface area contributed by atoms with E-state index in [1.54, 1.807) is 0 Å². The molecule has 3 atom stereocenters. The van der Waals surface area contributed by atoms with E-state index in [0.717, 1.165) is 25.8 Å². The van der Waals surface area contributed by atoms with Crippen LogP contribution in [-0.2, 0) is 4.79 Å². The summed E-state index contributed by atoms with van der Waals surface area (Å²) in [6.45, 7) is 9.45. The van der Waals surface area contributed by atoms with Crippen molar-refractivity contribution in [2.24, 2.45) is 23.5 Å². The number of amides is 1. The van der Waals surface area contributed by atoms with Crippen molar-refractivity contribution in [1.82, 2.24) is 5.32 Å². The molecule has 0 radical (unpaired) electrons. The van der Waals surface area contributed by atoms with Gasteiger partial charge in [-0.1, -0.05) is 40.5 Å². The fraction of sp³-hybridized carbons (Fsp3) is 0.929. The molecule has 1 rings (SSSR count). The van der Waals surface area contributed by atoms with Crippen LogP contribution in [0, 0.1) is 17.8 Å². The first-order valence-corrected chi connectivity index (χ1v) is 6.92. The predicted molar refractivity (Wildman–Crippen MR) is 71.6 cm³/mol. The number of rotatable bonds is 4. The van der Waals surface area contributed by atoms with E-state index in [4.69, 9.17) is 5.73 Å². The summed E-state index contributed by atoms with van der Waals surface area (Å²) >= 11 is 0. The molecule has 0 aromatic carbocycles. The summed E-state index contributed by atoms with van der Waals surface area (Å²) in [5.41, 5.74) is 5.63. The summed E-state index contributed by atoms with van der Waals surface area (Å²) in [6, 6.07) is 0. The molecule has 3 heteroatoms. The van der Waals surface area contributed by atoms with Crippen molar-refractivity contribution in [3.63, 3.8) is 0 Å². The normalized spacial score (nSPS) is 31.3. The van der Waals surface area contributed by atoms with Crippen LogP contribution in [0.3, 0.4) is 0 Å². The van der Waals surface area contributed by atoms with Crippen molar-refractivity contribution in [2.75, 3.05) is 6.54 Å². The lowest BCUT2D eigenvalue weighted by Crippen LogP contribution is -2.56. The molecular formula is C14H28N2O. The van der Waals surface area contributed by atoms with E-state index < -0.39 is 5.54 Å². The Kier molecular flexibility index (Phi) is 4.99. The molecule has 17 heavy (non-hydrogen) atoms. The smallest absolute Gasteiger partial charge is 0.240 e. The van der Waals surface area contributed by atoms with Gasteiger partial charge >= 0.3 is 0 Å². The van der Waals surface area contributed by atoms with Gasteiger partial charge in [0, 0.05) is 6.54 Å². The maximum absolute atomic E-state index is 12.2. The molecule has 1 saturated carbocycles. The molecule has 0 heterocycles. The minimum atomic E-state index is -0.617. The highest BCUT2D eigenvalue weighted by molar-refractivity contribution is 5.86. The lowest BCUT2D eigenvalue weighted by Gasteiger charge is -2.35. The number of hydrogen-bond acceptors (Lipinski definition) is 2. The third-order valence-corrected chi connectivity index (χ3v) is 4.21. The zero-order valence-corrected chi connectivity index (χ0v) is 11.8. The first kappa shape index (κ1) is 14.5. The van der Waals surface area contributed by atoms with E-state index in [1.807, 2.05) is 0 Å². The molecule has 1 amide bonds. The summed E-state index contributed by atoms with van der Waals surface area (Å²) in [5.74, 6) is 1.72. The minimum absolute atomic E-state index is 0.0524. The molecule has 1 fully saturated rings. The number of nitrogens with one attached hydrogen (secondary N) is 1. The Morgan fingerprint density at radius 1 is 1.47 bits per heavy atom. The Hall–Kier alpha value is -0.570. The lowest BCUT2D eigenvalue weighted by atomic mass is 9.76. The van der Waals surface area contributed by atoms with Gasteiger partial charge in [-0.25, -0.2) is 0 Å². The largest absolute Gasteiger partial charge is 0.354 e. The molecule has 1 aliphatic rings. The molecule has 0 bridgehead atoms. The average molecular weight is 240 g/mol. The Morgan fingerprint density at radius 3 is 2.65 bits per heavy atom. The number of carbonyl (C=O) groups excluding carboxylic acids is 1. The zero-order chi connectivity index (χ0) is 13.1. The van der Waals surface area contributed by atoms with E-state index in [0.29, 0.717) is 17.8 Å². The molecule has 0 aliphatic heterocycles. The fourth-order valence-electron chi connectivity index (χ4n) is 2.46. The summed E-state index contributed by atoms with van der Waals surface area (Å²) < 4.78 is 0. The first-order valence-electron chi connectivity index (χ1n) is 6.92. The molecule has 0 saturated heterocycles. The van der Waals surface area contributed by atoms with Crippen LogP contribution in [0.25, 0.3) is 0 Å². The summed E-state index contributed by atoms with van der Waals surface area (Å²) in [7, 11) is 0. The molecular weight excluding hydrogens is 212 g/mol. The van der Waals surface area contributed by atoms with Gasteiger partial charge in [0.2, 0.25) is 5.91 Å². The second kappa shape index (κ2) is 5.85. The molecule has 0 aromatic rings. The van der Waals surface area contributed by atoms with Crippen LogP contribution in [0.2, 0.25) is 0 Å². The van der Waals surface area contributed by atoms with Gasteiger partial charge in [0.1, 0.15) is 0 Å². The number of hydrogen-bond donors (Lipinski definition) is 2. The summed E-state index contributed by atoms with van der Waals surface area (Å²) in [6.07, 6.45) is 3.94. The third kappa shape index (κ3) is 3.98. The van der Waals surface area contributed by atoms with Crippen molar-refractivity contribution < 1.29 is 4.79 Å². The molecule has 100 valence electrons. The van der Waals surface area contributed by atoms with Gasteiger partial charge in [0.05, 0.1) is 5.54 Å². The highest BCUT2D eigenvalue weighted by Gasteiger charge is 2.37. The SMILES string of the molecule is CC1CCCC(N)(C(=O)NCC(C)C(C)C)C1. The quantitative estimate of drug-likeness (QED) is 0.792. The van der Waals surface area contributed by atoms with Crippen LogP contribution < -0.4 is 11.1 Å². The molecule has 1 aliphatic carbocycles. The predicted octanol–water partition coefficient (Wildman–Crippen LogP) is 2.30. The molecule has 0 aromatic heterocycles. The van der Waals surface area contributed by atoms with Gasteiger partial charge in [0.15, 0.2) is 0 Å². The van der Waals surface area contributed by atoms with Crippen molar-refractivity contribution in [2.45, 2.75) is 58.9 Å². The van der Waals surface area contributed by atoms with Gasteiger partial charge < -0.3 is 11.1 Å². The highest BCUT2D eigenvalue weighted by atomic mass is 16.2. The highest BCUT2D eigenvalue weighted by Crippen LogP contribution is 2.30. The Bertz CT molecular complexity index is 265. The van der Waals surface area contributed by atoms with Crippen molar-refractivity contribution in [3.05, 3.63) is 0 Å². The monoisotopic (exact) mass is 240 g/mol. The van der Waals surface area contributed by atoms with Gasteiger partial charge in [-0.3, -0.25) is 4.79 Å². The minimum Gasteiger partial charge on any atom is -0.354 e. The van der Waals surface area contributed by atoms with E-state index in [-0.39, 0.29) is 5.91 Å². The molecule has 3 unspecified atom stereocenters.